The van der Waals surface area contributed by atoms with Gasteiger partial charge >= 0.3 is 0 Å². The Bertz CT molecular complexity index is 426. The van der Waals surface area contributed by atoms with Crippen molar-refractivity contribution in [2.24, 2.45) is 0 Å². The van der Waals surface area contributed by atoms with Crippen molar-refractivity contribution in [3.8, 4) is 11.8 Å². The Hall–Kier alpha value is -1.31. The van der Waals surface area contributed by atoms with Crippen LogP contribution in [0.2, 0.25) is 0 Å². The number of rotatable bonds is 6. The van der Waals surface area contributed by atoms with E-state index in [2.05, 4.69) is 28.6 Å². The lowest BCUT2D eigenvalue weighted by atomic mass is 10.2. The SMILES string of the molecule is C=CCOC(C)COc1cc(Br)cc(C#N)c1. The number of benzene rings is 1. The first-order chi connectivity index (χ1) is 8.15. The fourth-order valence-corrected chi connectivity index (χ4v) is 1.68. The van der Waals surface area contributed by atoms with Crippen molar-refractivity contribution in [2.45, 2.75) is 13.0 Å². The zero-order valence-corrected chi connectivity index (χ0v) is 11.2. The van der Waals surface area contributed by atoms with Gasteiger partial charge in [-0.15, -0.1) is 6.58 Å². The quantitative estimate of drug-likeness (QED) is 0.756. The molecule has 1 rings (SSSR count). The summed E-state index contributed by atoms with van der Waals surface area (Å²) in [5, 5.41) is 8.82. The smallest absolute Gasteiger partial charge is 0.121 e. The molecular formula is C13H14BrNO2. The molecule has 0 radical (unpaired) electrons. The third kappa shape index (κ3) is 5.03. The Balaban J connectivity index is 2.54. The van der Waals surface area contributed by atoms with Crippen molar-refractivity contribution in [3.63, 3.8) is 0 Å². The molecule has 0 bridgehead atoms. The molecule has 0 saturated carbocycles. The molecule has 4 heteroatoms. The number of nitrogens with zero attached hydrogens (tertiary/aromatic N) is 1. The molecule has 0 saturated heterocycles. The Morgan fingerprint density at radius 3 is 2.94 bits per heavy atom. The minimum Gasteiger partial charge on any atom is -0.491 e. The minimum atomic E-state index is -0.0162. The number of hydrogen-bond donors (Lipinski definition) is 0. The van der Waals surface area contributed by atoms with Gasteiger partial charge < -0.3 is 9.47 Å². The van der Waals surface area contributed by atoms with Crippen molar-refractivity contribution in [3.05, 3.63) is 40.9 Å². The van der Waals surface area contributed by atoms with E-state index in [0.717, 1.165) is 4.47 Å². The fraction of sp³-hybridized carbons (Fsp3) is 0.308. The Morgan fingerprint density at radius 2 is 2.29 bits per heavy atom. The van der Waals surface area contributed by atoms with Gasteiger partial charge in [-0.25, -0.2) is 0 Å². The normalized spacial score (nSPS) is 11.6. The molecule has 1 unspecified atom stereocenters. The fourth-order valence-electron chi connectivity index (χ4n) is 1.20. The molecule has 17 heavy (non-hydrogen) atoms. The maximum absolute atomic E-state index is 8.82. The van der Waals surface area contributed by atoms with Gasteiger partial charge in [-0.1, -0.05) is 22.0 Å². The van der Waals surface area contributed by atoms with Crippen LogP contribution >= 0.6 is 15.9 Å². The van der Waals surface area contributed by atoms with Crippen LogP contribution in [0, 0.1) is 11.3 Å². The highest BCUT2D eigenvalue weighted by atomic mass is 79.9. The molecule has 1 aromatic carbocycles. The van der Waals surface area contributed by atoms with Crippen LogP contribution in [0.3, 0.4) is 0 Å². The standard InChI is InChI=1S/C13H14BrNO2/c1-3-4-16-10(2)9-17-13-6-11(8-15)5-12(14)7-13/h3,5-7,10H,1,4,9H2,2H3. The average molecular weight is 296 g/mol. The van der Waals surface area contributed by atoms with Crippen molar-refractivity contribution >= 4 is 15.9 Å². The van der Waals surface area contributed by atoms with E-state index in [0.29, 0.717) is 24.5 Å². The van der Waals surface area contributed by atoms with Crippen LogP contribution in [0.4, 0.5) is 0 Å². The van der Waals surface area contributed by atoms with Gasteiger partial charge in [0.25, 0.3) is 0 Å². The Kier molecular flexibility index (Phi) is 5.75. The second-order valence-electron chi connectivity index (χ2n) is 3.53. The zero-order valence-electron chi connectivity index (χ0n) is 9.65. The lowest BCUT2D eigenvalue weighted by molar-refractivity contribution is 0.0494. The second-order valence-corrected chi connectivity index (χ2v) is 4.45. The van der Waals surface area contributed by atoms with Gasteiger partial charge in [0.15, 0.2) is 0 Å². The molecule has 3 nitrogen and oxygen atoms in total. The molecule has 1 atom stereocenters. The van der Waals surface area contributed by atoms with Crippen LogP contribution < -0.4 is 4.74 Å². The van der Waals surface area contributed by atoms with E-state index in [4.69, 9.17) is 14.7 Å². The van der Waals surface area contributed by atoms with E-state index in [-0.39, 0.29) is 6.10 Å². The Labute approximate surface area is 110 Å². The molecule has 0 aromatic heterocycles. The highest BCUT2D eigenvalue weighted by molar-refractivity contribution is 9.10. The van der Waals surface area contributed by atoms with E-state index in [9.17, 15) is 0 Å². The van der Waals surface area contributed by atoms with Crippen molar-refractivity contribution in [1.82, 2.24) is 0 Å². The molecule has 90 valence electrons. The van der Waals surface area contributed by atoms with Gasteiger partial charge in [0.1, 0.15) is 12.4 Å². The molecule has 0 aliphatic carbocycles. The third-order valence-corrected chi connectivity index (χ3v) is 2.44. The van der Waals surface area contributed by atoms with Crippen molar-refractivity contribution in [1.29, 1.82) is 5.26 Å². The number of hydrogen-bond acceptors (Lipinski definition) is 3. The summed E-state index contributed by atoms with van der Waals surface area (Å²) in [6.07, 6.45) is 1.68. The van der Waals surface area contributed by atoms with Crippen LogP contribution in [0.15, 0.2) is 35.3 Å². The molecular weight excluding hydrogens is 282 g/mol. The van der Waals surface area contributed by atoms with E-state index in [1.54, 1.807) is 18.2 Å². The van der Waals surface area contributed by atoms with E-state index < -0.39 is 0 Å². The van der Waals surface area contributed by atoms with E-state index >= 15 is 0 Å². The summed E-state index contributed by atoms with van der Waals surface area (Å²) in [5.41, 5.74) is 0.564. The second kappa shape index (κ2) is 7.10. The van der Waals surface area contributed by atoms with Gasteiger partial charge in [-0.3, -0.25) is 0 Å². The van der Waals surface area contributed by atoms with Crippen molar-refractivity contribution < 1.29 is 9.47 Å². The molecule has 0 N–H and O–H groups in total. The van der Waals surface area contributed by atoms with Gasteiger partial charge in [0, 0.05) is 4.47 Å². The highest BCUT2D eigenvalue weighted by Gasteiger charge is 2.04. The molecule has 0 amide bonds. The predicted octanol–water partition coefficient (Wildman–Crippen LogP) is 3.29. The lowest BCUT2D eigenvalue weighted by Gasteiger charge is -2.13. The monoisotopic (exact) mass is 295 g/mol. The summed E-state index contributed by atoms with van der Waals surface area (Å²) in [5.74, 6) is 0.657. The van der Waals surface area contributed by atoms with E-state index in [1.165, 1.54) is 0 Å². The number of ether oxygens (including phenoxy) is 2. The lowest BCUT2D eigenvalue weighted by Crippen LogP contribution is -2.18. The van der Waals surface area contributed by atoms with Crippen LogP contribution in [-0.2, 0) is 4.74 Å². The molecule has 1 aromatic rings. The van der Waals surface area contributed by atoms with Crippen molar-refractivity contribution in [2.75, 3.05) is 13.2 Å². The van der Waals surface area contributed by atoms with Crippen LogP contribution in [0.25, 0.3) is 0 Å². The zero-order chi connectivity index (χ0) is 12.7. The van der Waals surface area contributed by atoms with Gasteiger partial charge in [-0.05, 0) is 25.1 Å². The largest absolute Gasteiger partial charge is 0.491 e. The average Bonchev–Trinajstić information content (AvgIpc) is 2.33. The molecule has 0 fully saturated rings. The van der Waals surface area contributed by atoms with Crippen LogP contribution in [-0.4, -0.2) is 19.3 Å². The minimum absolute atomic E-state index is 0.0162. The maximum atomic E-state index is 8.82. The highest BCUT2D eigenvalue weighted by Crippen LogP contribution is 2.21. The van der Waals surface area contributed by atoms with Gasteiger partial charge in [0.05, 0.1) is 24.3 Å². The molecule has 0 heterocycles. The summed E-state index contributed by atoms with van der Waals surface area (Å²) in [6.45, 7) is 6.45. The number of halogens is 1. The molecule has 0 spiro atoms. The summed E-state index contributed by atoms with van der Waals surface area (Å²) < 4.78 is 11.8. The predicted molar refractivity (Wildman–Crippen MR) is 70.0 cm³/mol. The van der Waals surface area contributed by atoms with E-state index in [1.807, 2.05) is 13.0 Å². The summed E-state index contributed by atoms with van der Waals surface area (Å²) in [6, 6.07) is 7.34. The topological polar surface area (TPSA) is 42.2 Å². The first-order valence-electron chi connectivity index (χ1n) is 5.21. The number of nitriles is 1. The molecule has 0 aliphatic heterocycles. The van der Waals surface area contributed by atoms with Crippen LogP contribution in [0.1, 0.15) is 12.5 Å². The maximum Gasteiger partial charge on any atom is 0.121 e. The van der Waals surface area contributed by atoms with Gasteiger partial charge in [-0.2, -0.15) is 5.26 Å². The summed E-state index contributed by atoms with van der Waals surface area (Å²) >= 11 is 3.33. The Morgan fingerprint density at radius 1 is 1.53 bits per heavy atom. The summed E-state index contributed by atoms with van der Waals surface area (Å²) in [4.78, 5) is 0. The van der Waals surface area contributed by atoms with Crippen LogP contribution in [0.5, 0.6) is 5.75 Å². The van der Waals surface area contributed by atoms with Gasteiger partial charge in [0.2, 0.25) is 0 Å². The third-order valence-electron chi connectivity index (χ3n) is 1.98. The first kappa shape index (κ1) is 13.8. The first-order valence-corrected chi connectivity index (χ1v) is 6.01. The molecule has 0 aliphatic rings. The summed E-state index contributed by atoms with van der Waals surface area (Å²) in [7, 11) is 0.